The van der Waals surface area contributed by atoms with Crippen LogP contribution in [0.4, 0.5) is 0 Å². The minimum Gasteiger partial charge on any atom is -0.0654 e. The summed E-state index contributed by atoms with van der Waals surface area (Å²) in [5, 5.41) is 0. The van der Waals surface area contributed by atoms with E-state index in [2.05, 4.69) is 55.4 Å². The molecule has 0 saturated heterocycles. The van der Waals surface area contributed by atoms with Crippen LogP contribution in [0.15, 0.2) is 0 Å². The van der Waals surface area contributed by atoms with Gasteiger partial charge in [0.05, 0.1) is 0 Å². The van der Waals surface area contributed by atoms with Crippen molar-refractivity contribution in [1.82, 2.24) is 0 Å². The lowest BCUT2D eigenvalue weighted by Crippen LogP contribution is -2.31. The zero-order valence-electron chi connectivity index (χ0n) is 15.3. The van der Waals surface area contributed by atoms with E-state index in [-0.39, 0.29) is 0 Å². The molecule has 0 radical (unpaired) electrons. The standard InChI is InChI=1S/C20H38/c1-9-10-18-12-20(18,8)17(6)15(4)14(3)16(5)19(7)11-13(19)2/h13-18H,9-12H2,1-8H3. The normalized spacial score (nSPS) is 45.6. The molecule has 20 heavy (non-hydrogen) atoms. The first-order chi connectivity index (χ1) is 9.18. The Morgan fingerprint density at radius 1 is 0.900 bits per heavy atom. The van der Waals surface area contributed by atoms with Gasteiger partial charge >= 0.3 is 0 Å². The predicted octanol–water partition coefficient (Wildman–Crippen LogP) is 6.40. The maximum atomic E-state index is 2.56. The number of hydrogen-bond donors (Lipinski definition) is 0. The average molecular weight is 279 g/mol. The second-order valence-corrected chi connectivity index (χ2v) is 9.10. The Morgan fingerprint density at radius 3 is 1.75 bits per heavy atom. The van der Waals surface area contributed by atoms with Gasteiger partial charge in [0.1, 0.15) is 0 Å². The second-order valence-electron chi connectivity index (χ2n) is 9.10. The Labute approximate surface area is 128 Å². The Hall–Kier alpha value is 0. The Kier molecular flexibility index (Phi) is 4.36. The monoisotopic (exact) mass is 278 g/mol. The van der Waals surface area contributed by atoms with E-state index in [4.69, 9.17) is 0 Å². The molecular weight excluding hydrogens is 240 g/mol. The van der Waals surface area contributed by atoms with E-state index in [1.54, 1.807) is 0 Å². The van der Waals surface area contributed by atoms with E-state index >= 15 is 0 Å². The Balaban J connectivity index is 1.95. The molecule has 2 saturated carbocycles. The van der Waals surface area contributed by atoms with Crippen molar-refractivity contribution in [2.75, 3.05) is 0 Å². The van der Waals surface area contributed by atoms with E-state index in [1.165, 1.54) is 25.7 Å². The molecule has 0 bridgehead atoms. The lowest BCUT2D eigenvalue weighted by Gasteiger charge is -2.37. The molecule has 2 aliphatic carbocycles. The van der Waals surface area contributed by atoms with E-state index in [0.29, 0.717) is 10.8 Å². The summed E-state index contributed by atoms with van der Waals surface area (Å²) < 4.78 is 0. The third-order valence-electron chi connectivity index (χ3n) is 8.29. The first kappa shape index (κ1) is 16.4. The molecule has 0 aromatic heterocycles. The molecule has 2 aliphatic rings. The van der Waals surface area contributed by atoms with Gasteiger partial charge in [-0.05, 0) is 59.2 Å². The summed E-state index contributed by atoms with van der Waals surface area (Å²) in [5.41, 5.74) is 1.29. The molecule has 0 aromatic carbocycles. The maximum absolute atomic E-state index is 2.56. The van der Waals surface area contributed by atoms with Crippen LogP contribution in [-0.4, -0.2) is 0 Å². The van der Waals surface area contributed by atoms with Gasteiger partial charge in [0.2, 0.25) is 0 Å². The zero-order valence-corrected chi connectivity index (χ0v) is 15.3. The van der Waals surface area contributed by atoms with Gasteiger partial charge in [0, 0.05) is 0 Å². The fourth-order valence-electron chi connectivity index (χ4n) is 5.16. The van der Waals surface area contributed by atoms with Crippen molar-refractivity contribution >= 4 is 0 Å². The molecule has 0 amide bonds. The summed E-state index contributed by atoms with van der Waals surface area (Å²) in [6.07, 6.45) is 5.76. The van der Waals surface area contributed by atoms with E-state index in [9.17, 15) is 0 Å². The molecule has 8 atom stereocenters. The van der Waals surface area contributed by atoms with Gasteiger partial charge in [0.25, 0.3) is 0 Å². The SMILES string of the molecule is CCCC1CC1(C)C(C)C(C)C(C)C(C)C1(C)CC1C. The molecule has 0 N–H and O–H groups in total. The van der Waals surface area contributed by atoms with Crippen molar-refractivity contribution in [3.63, 3.8) is 0 Å². The molecule has 2 rings (SSSR count). The highest BCUT2D eigenvalue weighted by molar-refractivity contribution is 5.05. The molecule has 118 valence electrons. The van der Waals surface area contributed by atoms with Gasteiger partial charge in [-0.25, -0.2) is 0 Å². The average Bonchev–Trinajstić information content (AvgIpc) is 3.25. The van der Waals surface area contributed by atoms with Crippen molar-refractivity contribution in [2.24, 2.45) is 46.3 Å². The van der Waals surface area contributed by atoms with Crippen LogP contribution >= 0.6 is 0 Å². The molecule has 0 nitrogen and oxygen atoms in total. The lowest BCUT2D eigenvalue weighted by atomic mass is 9.68. The summed E-state index contributed by atoms with van der Waals surface area (Å²) in [7, 11) is 0. The van der Waals surface area contributed by atoms with Crippen molar-refractivity contribution in [2.45, 2.75) is 81.1 Å². The fourth-order valence-corrected chi connectivity index (χ4v) is 5.16. The van der Waals surface area contributed by atoms with Crippen LogP contribution in [0.25, 0.3) is 0 Å². The Bertz CT molecular complexity index is 346. The van der Waals surface area contributed by atoms with Gasteiger partial charge in [-0.15, -0.1) is 0 Å². The minimum atomic E-state index is 0.640. The molecule has 2 fully saturated rings. The van der Waals surface area contributed by atoms with Crippen molar-refractivity contribution in [1.29, 1.82) is 0 Å². The summed E-state index contributed by atoms with van der Waals surface area (Å²) in [4.78, 5) is 0. The van der Waals surface area contributed by atoms with Crippen LogP contribution in [0.5, 0.6) is 0 Å². The quantitative estimate of drug-likeness (QED) is 0.505. The van der Waals surface area contributed by atoms with E-state index in [1.807, 2.05) is 0 Å². The van der Waals surface area contributed by atoms with Gasteiger partial charge in [-0.3, -0.25) is 0 Å². The summed E-state index contributed by atoms with van der Waals surface area (Å²) in [6, 6.07) is 0. The Morgan fingerprint density at radius 2 is 1.35 bits per heavy atom. The fraction of sp³-hybridized carbons (Fsp3) is 1.00. The lowest BCUT2D eigenvalue weighted by molar-refractivity contribution is 0.111. The van der Waals surface area contributed by atoms with E-state index < -0.39 is 0 Å². The molecule has 0 aromatic rings. The van der Waals surface area contributed by atoms with Gasteiger partial charge < -0.3 is 0 Å². The molecule has 0 heteroatoms. The second kappa shape index (κ2) is 5.33. The molecule has 8 unspecified atom stereocenters. The van der Waals surface area contributed by atoms with Gasteiger partial charge in [-0.2, -0.15) is 0 Å². The largest absolute Gasteiger partial charge is 0.0654 e. The third-order valence-corrected chi connectivity index (χ3v) is 8.29. The molecule has 0 spiro atoms. The zero-order chi connectivity index (χ0) is 15.3. The first-order valence-corrected chi connectivity index (χ1v) is 9.18. The van der Waals surface area contributed by atoms with Crippen LogP contribution in [-0.2, 0) is 0 Å². The van der Waals surface area contributed by atoms with E-state index in [0.717, 1.165) is 35.5 Å². The van der Waals surface area contributed by atoms with Crippen LogP contribution in [0.3, 0.4) is 0 Å². The summed E-state index contributed by atoms with van der Waals surface area (Å²) in [5.74, 6) is 5.45. The first-order valence-electron chi connectivity index (χ1n) is 9.18. The van der Waals surface area contributed by atoms with Crippen molar-refractivity contribution in [3.05, 3.63) is 0 Å². The number of rotatable bonds is 7. The highest BCUT2D eigenvalue weighted by Gasteiger charge is 2.56. The van der Waals surface area contributed by atoms with Crippen LogP contribution < -0.4 is 0 Å². The van der Waals surface area contributed by atoms with Gasteiger partial charge in [-0.1, -0.05) is 68.2 Å². The molecule has 0 aliphatic heterocycles. The van der Waals surface area contributed by atoms with Crippen LogP contribution in [0, 0.1) is 46.3 Å². The molecular formula is C20H38. The van der Waals surface area contributed by atoms with Crippen molar-refractivity contribution < 1.29 is 0 Å². The maximum Gasteiger partial charge on any atom is -0.0266 e. The highest BCUT2D eigenvalue weighted by atomic mass is 14.6. The third kappa shape index (κ3) is 2.57. The molecule has 0 heterocycles. The number of hydrogen-bond acceptors (Lipinski definition) is 0. The highest BCUT2D eigenvalue weighted by Crippen LogP contribution is 2.64. The smallest absolute Gasteiger partial charge is 0.0266 e. The van der Waals surface area contributed by atoms with Crippen LogP contribution in [0.1, 0.15) is 81.1 Å². The van der Waals surface area contributed by atoms with Crippen LogP contribution in [0.2, 0.25) is 0 Å². The minimum absolute atomic E-state index is 0.640. The summed E-state index contributed by atoms with van der Waals surface area (Å²) >= 11 is 0. The predicted molar refractivity (Wildman–Crippen MR) is 89.7 cm³/mol. The summed E-state index contributed by atoms with van der Waals surface area (Å²) in [6.45, 7) is 20.0. The topological polar surface area (TPSA) is 0 Å². The van der Waals surface area contributed by atoms with Gasteiger partial charge in [0.15, 0.2) is 0 Å². The van der Waals surface area contributed by atoms with Crippen molar-refractivity contribution in [3.8, 4) is 0 Å².